The van der Waals surface area contributed by atoms with Crippen LogP contribution in [-0.4, -0.2) is 42.9 Å². The van der Waals surface area contributed by atoms with E-state index in [1.807, 2.05) is 0 Å². The number of hydrogen-bond donors (Lipinski definition) is 1. The van der Waals surface area contributed by atoms with Crippen molar-refractivity contribution in [2.75, 3.05) is 26.8 Å². The van der Waals surface area contributed by atoms with E-state index in [0.717, 1.165) is 11.3 Å². The lowest BCUT2D eigenvalue weighted by atomic mass is 10.1. The highest BCUT2D eigenvalue weighted by molar-refractivity contribution is 5.69. The Balaban J connectivity index is 1.98. The molecular formula is C12H15NO4. The molecular weight excluding hydrogens is 222 g/mol. The Kier molecular flexibility index (Phi) is 3.49. The Labute approximate surface area is 99.6 Å². The maximum absolute atomic E-state index is 11.2. The van der Waals surface area contributed by atoms with Crippen LogP contribution in [0.15, 0.2) is 24.3 Å². The molecule has 2 rings (SSSR count). The van der Waals surface area contributed by atoms with Crippen LogP contribution in [0.4, 0.5) is 4.79 Å². The van der Waals surface area contributed by atoms with Gasteiger partial charge in [-0.25, -0.2) is 4.79 Å². The third-order valence-electron chi connectivity index (χ3n) is 2.74. The summed E-state index contributed by atoms with van der Waals surface area (Å²) in [5, 5.41) is 9.97. The SMILES string of the molecule is COc1ccc(C(O)CN2CCOC2=O)cc1. The normalized spacial score (nSPS) is 16.8. The van der Waals surface area contributed by atoms with Crippen molar-refractivity contribution in [2.45, 2.75) is 6.10 Å². The molecule has 0 aliphatic carbocycles. The van der Waals surface area contributed by atoms with Crippen LogP contribution in [0.2, 0.25) is 0 Å². The summed E-state index contributed by atoms with van der Waals surface area (Å²) < 4.78 is 9.83. The number of aliphatic hydroxyl groups is 1. The molecule has 92 valence electrons. The van der Waals surface area contributed by atoms with E-state index in [2.05, 4.69) is 0 Å². The van der Waals surface area contributed by atoms with Gasteiger partial charge in [-0.15, -0.1) is 0 Å². The van der Waals surface area contributed by atoms with Crippen LogP contribution >= 0.6 is 0 Å². The Bertz CT molecular complexity index is 390. The van der Waals surface area contributed by atoms with E-state index in [4.69, 9.17) is 9.47 Å². The molecule has 1 aliphatic heterocycles. The zero-order chi connectivity index (χ0) is 12.3. The number of methoxy groups -OCH3 is 1. The molecule has 0 spiro atoms. The smallest absolute Gasteiger partial charge is 0.410 e. The average molecular weight is 237 g/mol. The first-order valence-electron chi connectivity index (χ1n) is 5.44. The molecule has 1 amide bonds. The molecule has 1 aliphatic rings. The molecule has 17 heavy (non-hydrogen) atoms. The lowest BCUT2D eigenvalue weighted by Crippen LogP contribution is -2.29. The Morgan fingerprint density at radius 1 is 1.47 bits per heavy atom. The van der Waals surface area contributed by atoms with Crippen molar-refractivity contribution in [1.29, 1.82) is 0 Å². The van der Waals surface area contributed by atoms with Gasteiger partial charge in [0.15, 0.2) is 0 Å². The van der Waals surface area contributed by atoms with Crippen LogP contribution < -0.4 is 4.74 Å². The van der Waals surface area contributed by atoms with E-state index in [1.165, 1.54) is 4.90 Å². The number of rotatable bonds is 4. The van der Waals surface area contributed by atoms with Gasteiger partial charge < -0.3 is 19.5 Å². The van der Waals surface area contributed by atoms with E-state index >= 15 is 0 Å². The number of ether oxygens (including phenoxy) is 2. The number of carbonyl (C=O) groups excluding carboxylic acids is 1. The van der Waals surface area contributed by atoms with Crippen LogP contribution in [0.5, 0.6) is 5.75 Å². The fourth-order valence-electron chi connectivity index (χ4n) is 1.73. The fraction of sp³-hybridized carbons (Fsp3) is 0.417. The predicted octanol–water partition coefficient (Wildman–Crippen LogP) is 1.18. The van der Waals surface area contributed by atoms with E-state index in [-0.39, 0.29) is 12.6 Å². The molecule has 1 unspecified atom stereocenters. The van der Waals surface area contributed by atoms with E-state index in [0.29, 0.717) is 13.2 Å². The zero-order valence-electron chi connectivity index (χ0n) is 9.63. The maximum atomic E-state index is 11.2. The summed E-state index contributed by atoms with van der Waals surface area (Å²) in [6, 6.07) is 7.12. The highest BCUT2D eigenvalue weighted by Gasteiger charge is 2.24. The number of cyclic esters (lactones) is 1. The molecule has 1 heterocycles. The molecule has 1 aromatic rings. The number of hydrogen-bond acceptors (Lipinski definition) is 4. The highest BCUT2D eigenvalue weighted by Crippen LogP contribution is 2.19. The zero-order valence-corrected chi connectivity index (χ0v) is 9.63. The van der Waals surface area contributed by atoms with E-state index in [9.17, 15) is 9.90 Å². The standard InChI is InChI=1S/C12H15NO4/c1-16-10-4-2-9(3-5-10)11(14)8-13-6-7-17-12(13)15/h2-5,11,14H,6-8H2,1H3. The van der Waals surface area contributed by atoms with Gasteiger partial charge in [0.1, 0.15) is 12.4 Å². The van der Waals surface area contributed by atoms with Crippen molar-refractivity contribution < 1.29 is 19.4 Å². The maximum Gasteiger partial charge on any atom is 0.410 e. The van der Waals surface area contributed by atoms with Crippen LogP contribution in [0.3, 0.4) is 0 Å². The topological polar surface area (TPSA) is 59.0 Å². The van der Waals surface area contributed by atoms with E-state index < -0.39 is 6.10 Å². The molecule has 1 atom stereocenters. The van der Waals surface area contributed by atoms with Gasteiger partial charge >= 0.3 is 6.09 Å². The number of benzene rings is 1. The van der Waals surface area contributed by atoms with Crippen molar-refractivity contribution in [2.24, 2.45) is 0 Å². The van der Waals surface area contributed by atoms with Crippen molar-refractivity contribution in [3.05, 3.63) is 29.8 Å². The van der Waals surface area contributed by atoms with Gasteiger partial charge in [0.2, 0.25) is 0 Å². The number of amides is 1. The van der Waals surface area contributed by atoms with Gasteiger partial charge in [-0.05, 0) is 17.7 Å². The molecule has 1 aromatic carbocycles. The van der Waals surface area contributed by atoms with Crippen molar-refractivity contribution in [3.63, 3.8) is 0 Å². The summed E-state index contributed by atoms with van der Waals surface area (Å²) in [7, 11) is 1.59. The first-order chi connectivity index (χ1) is 8.20. The second-order valence-electron chi connectivity index (χ2n) is 3.85. The van der Waals surface area contributed by atoms with Crippen molar-refractivity contribution >= 4 is 6.09 Å². The first-order valence-corrected chi connectivity index (χ1v) is 5.44. The van der Waals surface area contributed by atoms with Crippen LogP contribution in [0.1, 0.15) is 11.7 Å². The van der Waals surface area contributed by atoms with Gasteiger partial charge in [-0.3, -0.25) is 0 Å². The molecule has 5 heteroatoms. The number of nitrogens with zero attached hydrogens (tertiary/aromatic N) is 1. The van der Waals surface area contributed by atoms with Gasteiger partial charge in [0.25, 0.3) is 0 Å². The summed E-state index contributed by atoms with van der Waals surface area (Å²) in [5.41, 5.74) is 0.755. The summed E-state index contributed by atoms with van der Waals surface area (Å²) in [5.74, 6) is 0.738. The molecule has 1 saturated heterocycles. The lowest BCUT2D eigenvalue weighted by Gasteiger charge is -2.17. The Morgan fingerprint density at radius 3 is 2.71 bits per heavy atom. The highest BCUT2D eigenvalue weighted by atomic mass is 16.6. The molecule has 0 radical (unpaired) electrons. The van der Waals surface area contributed by atoms with Gasteiger partial charge in [-0.2, -0.15) is 0 Å². The van der Waals surface area contributed by atoms with Gasteiger partial charge in [0, 0.05) is 0 Å². The van der Waals surface area contributed by atoms with Crippen LogP contribution in [0, 0.1) is 0 Å². The van der Waals surface area contributed by atoms with Gasteiger partial charge in [0.05, 0.1) is 26.3 Å². The minimum Gasteiger partial charge on any atom is -0.497 e. The summed E-state index contributed by atoms with van der Waals surface area (Å²) in [6.07, 6.45) is -1.07. The molecule has 1 N–H and O–H groups in total. The largest absolute Gasteiger partial charge is 0.497 e. The van der Waals surface area contributed by atoms with E-state index in [1.54, 1.807) is 31.4 Å². The van der Waals surface area contributed by atoms with Crippen molar-refractivity contribution in [1.82, 2.24) is 4.90 Å². The molecule has 0 bridgehead atoms. The Hall–Kier alpha value is -1.75. The summed E-state index contributed by atoms with van der Waals surface area (Å²) in [4.78, 5) is 12.7. The summed E-state index contributed by atoms with van der Waals surface area (Å²) >= 11 is 0. The molecule has 1 fully saturated rings. The van der Waals surface area contributed by atoms with Gasteiger partial charge in [-0.1, -0.05) is 12.1 Å². The second kappa shape index (κ2) is 5.05. The Morgan fingerprint density at radius 2 is 2.18 bits per heavy atom. The van der Waals surface area contributed by atoms with Crippen molar-refractivity contribution in [3.8, 4) is 5.75 Å². The number of aliphatic hydroxyl groups excluding tert-OH is 1. The average Bonchev–Trinajstić information content (AvgIpc) is 2.75. The monoisotopic (exact) mass is 237 g/mol. The molecule has 0 saturated carbocycles. The quantitative estimate of drug-likeness (QED) is 0.854. The first kappa shape index (κ1) is 11.7. The predicted molar refractivity (Wildman–Crippen MR) is 60.9 cm³/mol. The van der Waals surface area contributed by atoms with Crippen LogP contribution in [0.25, 0.3) is 0 Å². The minimum atomic E-state index is -0.702. The van der Waals surface area contributed by atoms with Crippen LogP contribution in [-0.2, 0) is 4.74 Å². The minimum absolute atomic E-state index is 0.255. The molecule has 5 nitrogen and oxygen atoms in total. The fourth-order valence-corrected chi connectivity index (χ4v) is 1.73. The number of carbonyl (C=O) groups is 1. The summed E-state index contributed by atoms with van der Waals surface area (Å²) in [6.45, 7) is 1.19. The molecule has 0 aromatic heterocycles. The lowest BCUT2D eigenvalue weighted by molar-refractivity contribution is 0.118. The number of β-amino-alcohol motifs (C(OH)–C–C–N with tert-alkyl or cyclic N) is 1. The second-order valence-corrected chi connectivity index (χ2v) is 3.85. The third-order valence-corrected chi connectivity index (χ3v) is 2.74. The third kappa shape index (κ3) is 2.68.